The molecule has 1 aliphatic rings. The Bertz CT molecular complexity index is 1080. The first-order valence-electron chi connectivity index (χ1n) is 9.79. The summed E-state index contributed by atoms with van der Waals surface area (Å²) in [5.74, 6) is -0.115. The molecule has 0 spiro atoms. The van der Waals surface area contributed by atoms with E-state index < -0.39 is 0 Å². The van der Waals surface area contributed by atoms with Crippen molar-refractivity contribution in [3.8, 4) is 0 Å². The van der Waals surface area contributed by atoms with Gasteiger partial charge in [-0.05, 0) is 49.6 Å². The van der Waals surface area contributed by atoms with Gasteiger partial charge in [-0.1, -0.05) is 30.7 Å². The van der Waals surface area contributed by atoms with Crippen molar-refractivity contribution < 1.29 is 9.59 Å². The van der Waals surface area contributed by atoms with E-state index in [1.807, 2.05) is 54.9 Å². The highest BCUT2D eigenvalue weighted by atomic mass is 16.2. The van der Waals surface area contributed by atoms with Crippen molar-refractivity contribution in [3.05, 3.63) is 59.3 Å². The fraction of sp³-hybridized carbons (Fsp3) is 0.304. The highest BCUT2D eigenvalue weighted by Crippen LogP contribution is 2.37. The Morgan fingerprint density at radius 3 is 2.71 bits per heavy atom. The van der Waals surface area contributed by atoms with Crippen molar-refractivity contribution >= 4 is 34.1 Å². The third kappa shape index (κ3) is 3.07. The number of rotatable bonds is 4. The number of amides is 2. The maximum Gasteiger partial charge on any atom is 0.274 e. The van der Waals surface area contributed by atoms with Gasteiger partial charge in [-0.25, -0.2) is 0 Å². The SMILES string of the molecule is CCc1cccc(NC(=O)c2c(N3CCCC3=O)c3cc(C)ccc3n2C)c1. The molecule has 3 aromatic rings. The van der Waals surface area contributed by atoms with Gasteiger partial charge in [-0.3, -0.25) is 9.59 Å². The van der Waals surface area contributed by atoms with E-state index in [9.17, 15) is 9.59 Å². The zero-order valence-electron chi connectivity index (χ0n) is 16.6. The molecule has 1 aromatic heterocycles. The summed E-state index contributed by atoms with van der Waals surface area (Å²) in [5, 5.41) is 3.98. The first-order chi connectivity index (χ1) is 13.5. The highest BCUT2D eigenvalue weighted by Gasteiger charge is 2.31. The number of hydrogen-bond donors (Lipinski definition) is 1. The molecule has 5 nitrogen and oxygen atoms in total. The zero-order valence-corrected chi connectivity index (χ0v) is 16.6. The Labute approximate surface area is 165 Å². The number of aromatic nitrogens is 1. The lowest BCUT2D eigenvalue weighted by molar-refractivity contribution is -0.117. The molecule has 2 aromatic carbocycles. The van der Waals surface area contributed by atoms with Gasteiger partial charge in [0.15, 0.2) is 0 Å². The molecule has 0 aliphatic carbocycles. The van der Waals surface area contributed by atoms with Crippen LogP contribution in [0.1, 0.15) is 41.4 Å². The molecule has 0 bridgehead atoms. The van der Waals surface area contributed by atoms with Gasteiger partial charge >= 0.3 is 0 Å². The van der Waals surface area contributed by atoms with Crippen LogP contribution >= 0.6 is 0 Å². The van der Waals surface area contributed by atoms with E-state index in [0.29, 0.717) is 18.7 Å². The van der Waals surface area contributed by atoms with Crippen molar-refractivity contribution in [1.29, 1.82) is 0 Å². The highest BCUT2D eigenvalue weighted by molar-refractivity contribution is 6.17. The molecule has 5 heteroatoms. The van der Waals surface area contributed by atoms with Crippen LogP contribution in [0.5, 0.6) is 0 Å². The van der Waals surface area contributed by atoms with Crippen LogP contribution in [0.4, 0.5) is 11.4 Å². The van der Waals surface area contributed by atoms with E-state index in [1.165, 1.54) is 5.56 Å². The van der Waals surface area contributed by atoms with Crippen LogP contribution < -0.4 is 10.2 Å². The monoisotopic (exact) mass is 375 g/mol. The molecule has 0 unspecified atom stereocenters. The normalized spacial score (nSPS) is 14.1. The molecule has 4 rings (SSSR count). The smallest absolute Gasteiger partial charge is 0.274 e. The summed E-state index contributed by atoms with van der Waals surface area (Å²) in [7, 11) is 1.89. The van der Waals surface area contributed by atoms with Crippen LogP contribution in [0.15, 0.2) is 42.5 Å². The molecule has 0 atom stereocenters. The summed E-state index contributed by atoms with van der Waals surface area (Å²) < 4.78 is 1.90. The molecule has 0 radical (unpaired) electrons. The summed E-state index contributed by atoms with van der Waals surface area (Å²) in [5.41, 5.74) is 5.25. The topological polar surface area (TPSA) is 54.3 Å². The summed E-state index contributed by atoms with van der Waals surface area (Å²) in [6, 6.07) is 14.0. The number of fused-ring (bicyclic) bond motifs is 1. The van der Waals surface area contributed by atoms with Gasteiger partial charge in [-0.2, -0.15) is 0 Å². The van der Waals surface area contributed by atoms with E-state index in [-0.39, 0.29) is 11.8 Å². The lowest BCUT2D eigenvalue weighted by atomic mass is 10.1. The second-order valence-corrected chi connectivity index (χ2v) is 7.43. The molecular formula is C23H25N3O2. The minimum atomic E-state index is -0.195. The third-order valence-electron chi connectivity index (χ3n) is 5.48. The molecular weight excluding hydrogens is 350 g/mol. The van der Waals surface area contributed by atoms with Crippen molar-refractivity contribution in [2.45, 2.75) is 33.1 Å². The minimum Gasteiger partial charge on any atom is -0.338 e. The van der Waals surface area contributed by atoms with Gasteiger partial charge in [0.1, 0.15) is 5.69 Å². The third-order valence-corrected chi connectivity index (χ3v) is 5.48. The van der Waals surface area contributed by atoms with Crippen LogP contribution in [-0.2, 0) is 18.3 Å². The van der Waals surface area contributed by atoms with Crippen LogP contribution in [0.25, 0.3) is 10.9 Å². The molecule has 1 N–H and O–H groups in total. The number of nitrogens with zero attached hydrogens (tertiary/aromatic N) is 2. The molecule has 0 saturated carbocycles. The van der Waals surface area contributed by atoms with Gasteiger partial charge in [0.2, 0.25) is 5.91 Å². The van der Waals surface area contributed by atoms with Crippen LogP contribution in [-0.4, -0.2) is 22.9 Å². The van der Waals surface area contributed by atoms with Crippen molar-refractivity contribution in [1.82, 2.24) is 4.57 Å². The number of benzene rings is 2. The lowest BCUT2D eigenvalue weighted by Gasteiger charge is -2.18. The van der Waals surface area contributed by atoms with E-state index in [0.717, 1.165) is 40.7 Å². The molecule has 1 fully saturated rings. The number of carbonyl (C=O) groups is 2. The van der Waals surface area contributed by atoms with Crippen LogP contribution in [0.3, 0.4) is 0 Å². The average molecular weight is 375 g/mol. The van der Waals surface area contributed by atoms with Crippen molar-refractivity contribution in [3.63, 3.8) is 0 Å². The summed E-state index contributed by atoms with van der Waals surface area (Å²) in [4.78, 5) is 27.6. The van der Waals surface area contributed by atoms with E-state index >= 15 is 0 Å². The predicted octanol–water partition coefficient (Wildman–Crippen LogP) is 4.43. The Morgan fingerprint density at radius 1 is 1.18 bits per heavy atom. The number of nitrogens with one attached hydrogen (secondary N) is 1. The fourth-order valence-corrected chi connectivity index (χ4v) is 4.02. The summed E-state index contributed by atoms with van der Waals surface area (Å²) in [6.07, 6.45) is 2.26. The van der Waals surface area contributed by atoms with E-state index in [1.54, 1.807) is 4.90 Å². The molecule has 1 saturated heterocycles. The second kappa shape index (κ2) is 7.15. The Morgan fingerprint density at radius 2 is 2.00 bits per heavy atom. The van der Waals surface area contributed by atoms with Gasteiger partial charge in [0, 0.05) is 31.1 Å². The number of carbonyl (C=O) groups excluding carboxylic acids is 2. The quantitative estimate of drug-likeness (QED) is 0.733. The second-order valence-electron chi connectivity index (χ2n) is 7.43. The maximum atomic E-state index is 13.3. The van der Waals surface area contributed by atoms with Gasteiger partial charge in [0.05, 0.1) is 11.2 Å². The Hall–Kier alpha value is -3.08. The first kappa shape index (κ1) is 18.3. The van der Waals surface area contributed by atoms with Gasteiger partial charge < -0.3 is 14.8 Å². The molecule has 2 heterocycles. The van der Waals surface area contributed by atoms with E-state index in [4.69, 9.17) is 0 Å². The maximum absolute atomic E-state index is 13.3. The number of hydrogen-bond acceptors (Lipinski definition) is 2. The largest absolute Gasteiger partial charge is 0.338 e. The minimum absolute atomic E-state index is 0.0797. The average Bonchev–Trinajstić information content (AvgIpc) is 3.22. The Kier molecular flexibility index (Phi) is 4.67. The predicted molar refractivity (Wildman–Crippen MR) is 113 cm³/mol. The lowest BCUT2D eigenvalue weighted by Crippen LogP contribution is -2.27. The number of aryl methyl sites for hydroxylation is 3. The standard InChI is InChI=1S/C23H25N3O2/c1-4-16-7-5-8-17(14-16)24-23(28)22-21(26-12-6-9-20(26)27)18-13-15(2)10-11-19(18)25(22)3/h5,7-8,10-11,13-14H,4,6,9,12H2,1-3H3,(H,24,28). The summed E-state index contributed by atoms with van der Waals surface area (Å²) in [6.45, 7) is 4.76. The summed E-state index contributed by atoms with van der Waals surface area (Å²) >= 11 is 0. The zero-order chi connectivity index (χ0) is 19.8. The molecule has 28 heavy (non-hydrogen) atoms. The van der Waals surface area contributed by atoms with Gasteiger partial charge in [-0.15, -0.1) is 0 Å². The Balaban J connectivity index is 1.84. The van der Waals surface area contributed by atoms with Crippen LogP contribution in [0.2, 0.25) is 0 Å². The van der Waals surface area contributed by atoms with E-state index in [2.05, 4.69) is 18.3 Å². The van der Waals surface area contributed by atoms with Gasteiger partial charge in [0.25, 0.3) is 5.91 Å². The number of anilines is 2. The molecule has 2 amide bonds. The van der Waals surface area contributed by atoms with Crippen molar-refractivity contribution in [2.75, 3.05) is 16.8 Å². The first-order valence-corrected chi connectivity index (χ1v) is 9.79. The van der Waals surface area contributed by atoms with Crippen LogP contribution in [0, 0.1) is 6.92 Å². The fourth-order valence-electron chi connectivity index (χ4n) is 4.02. The van der Waals surface area contributed by atoms with Crippen molar-refractivity contribution in [2.24, 2.45) is 7.05 Å². The molecule has 144 valence electrons. The molecule has 1 aliphatic heterocycles.